The molecular weight excluding hydrogens is 530 g/mol. The monoisotopic (exact) mass is 551 g/mol. The Morgan fingerprint density at radius 3 is 2.47 bits per heavy atom. The Morgan fingerprint density at radius 1 is 1.21 bits per heavy atom. The third-order valence-electron chi connectivity index (χ3n) is 6.07. The van der Waals surface area contributed by atoms with Crippen LogP contribution in [0, 0.1) is 17.1 Å². The van der Waals surface area contributed by atoms with Crippen molar-refractivity contribution < 1.29 is 27.2 Å². The summed E-state index contributed by atoms with van der Waals surface area (Å²) >= 11 is 0. The van der Waals surface area contributed by atoms with Crippen LogP contribution in [0.4, 0.5) is 23.5 Å². The first-order valence-electron chi connectivity index (χ1n) is 11.2. The molecule has 0 aliphatic carbocycles. The molecule has 0 saturated heterocycles. The Kier molecular flexibility index (Phi) is 8.31. The lowest BCUT2D eigenvalue weighted by Crippen LogP contribution is -2.42. The molecule has 8 nitrogen and oxygen atoms in total. The first-order valence-corrected chi connectivity index (χ1v) is 11.2. The Hall–Kier alpha value is -4.11. The summed E-state index contributed by atoms with van der Waals surface area (Å²) in [7, 11) is 1.25. The summed E-state index contributed by atoms with van der Waals surface area (Å²) in [6, 6.07) is 9.43. The Morgan fingerprint density at radius 2 is 1.89 bits per heavy atom. The maximum atomic E-state index is 14.4. The van der Waals surface area contributed by atoms with E-state index in [1.54, 1.807) is 13.0 Å². The van der Waals surface area contributed by atoms with Gasteiger partial charge < -0.3 is 15.1 Å². The standard InChI is InChI=1S/C25H21F4N5O3.ClH/c1-14(16-4-6-17(7-5-16)25(27,28)29)31-24-32-21-9-10-33(13-19(21)23(36)34(24)37-2)22(35)18-8-3-15(12-30)11-20(18)26;/h3-8,11,14H,9-10,13H2,1-2H3,(H,31,32);1H/t14-;/m0./s1. The molecule has 1 N–H and O–H groups in total. The van der Waals surface area contributed by atoms with Gasteiger partial charge >= 0.3 is 6.18 Å². The van der Waals surface area contributed by atoms with E-state index < -0.39 is 35.1 Å². The average molecular weight is 552 g/mol. The van der Waals surface area contributed by atoms with Crippen molar-refractivity contribution >= 4 is 24.3 Å². The number of fused-ring (bicyclic) bond motifs is 1. The number of benzene rings is 2. The van der Waals surface area contributed by atoms with E-state index in [4.69, 9.17) is 10.1 Å². The van der Waals surface area contributed by atoms with Gasteiger partial charge in [0.2, 0.25) is 5.95 Å². The lowest BCUT2D eigenvalue weighted by Gasteiger charge is -2.29. The number of nitrogens with zero attached hydrogens (tertiary/aromatic N) is 4. The lowest BCUT2D eigenvalue weighted by atomic mass is 10.0. The first-order chi connectivity index (χ1) is 17.5. The van der Waals surface area contributed by atoms with E-state index in [0.717, 1.165) is 22.9 Å². The molecule has 2 aromatic carbocycles. The molecule has 0 bridgehead atoms. The van der Waals surface area contributed by atoms with E-state index in [1.807, 2.05) is 0 Å². The zero-order valence-electron chi connectivity index (χ0n) is 20.2. The van der Waals surface area contributed by atoms with Gasteiger partial charge in [-0.05, 0) is 42.8 Å². The smallest absolute Gasteiger partial charge is 0.411 e. The van der Waals surface area contributed by atoms with Crippen molar-refractivity contribution in [2.24, 2.45) is 0 Å². The van der Waals surface area contributed by atoms with E-state index >= 15 is 0 Å². The van der Waals surface area contributed by atoms with Crippen molar-refractivity contribution in [1.82, 2.24) is 14.6 Å². The number of halogens is 5. The molecule has 0 saturated carbocycles. The summed E-state index contributed by atoms with van der Waals surface area (Å²) in [5.74, 6) is -1.41. The van der Waals surface area contributed by atoms with Gasteiger partial charge in [0.25, 0.3) is 11.5 Å². The van der Waals surface area contributed by atoms with Gasteiger partial charge in [-0.15, -0.1) is 17.1 Å². The van der Waals surface area contributed by atoms with E-state index in [-0.39, 0.29) is 54.6 Å². The van der Waals surface area contributed by atoms with Gasteiger partial charge in [0, 0.05) is 13.0 Å². The number of alkyl halides is 3. The number of carbonyl (C=O) groups excluding carboxylic acids is 1. The van der Waals surface area contributed by atoms with E-state index in [9.17, 15) is 27.2 Å². The SMILES string of the molecule is COn1c(N[C@@H](C)c2ccc(C(F)(F)F)cc2)nc2c(c1=O)CN(C(=O)c1ccc(C#N)cc1F)CC2.Cl. The average Bonchev–Trinajstić information content (AvgIpc) is 2.88. The summed E-state index contributed by atoms with van der Waals surface area (Å²) < 4.78 is 53.9. The van der Waals surface area contributed by atoms with Crippen LogP contribution in [-0.4, -0.2) is 34.2 Å². The normalized spacial score (nSPS) is 13.6. The van der Waals surface area contributed by atoms with E-state index in [1.165, 1.54) is 36.3 Å². The summed E-state index contributed by atoms with van der Waals surface area (Å²) in [6.07, 6.45) is -4.24. The fourth-order valence-electron chi connectivity index (χ4n) is 4.06. The van der Waals surface area contributed by atoms with Crippen molar-refractivity contribution in [3.05, 3.63) is 92.1 Å². The van der Waals surface area contributed by atoms with Crippen molar-refractivity contribution in [3.8, 4) is 6.07 Å². The fourth-order valence-corrected chi connectivity index (χ4v) is 4.06. The number of hydrogen-bond donors (Lipinski definition) is 1. The zero-order chi connectivity index (χ0) is 26.9. The first kappa shape index (κ1) is 28.5. The number of nitrogens with one attached hydrogen (secondary N) is 1. The summed E-state index contributed by atoms with van der Waals surface area (Å²) in [6.45, 7) is 1.74. The second-order valence-electron chi connectivity index (χ2n) is 8.41. The van der Waals surface area contributed by atoms with Gasteiger partial charge in [-0.3, -0.25) is 9.59 Å². The summed E-state index contributed by atoms with van der Waals surface area (Å²) in [5.41, 5.74) is -0.338. The minimum atomic E-state index is -4.45. The summed E-state index contributed by atoms with van der Waals surface area (Å²) in [4.78, 5) is 37.1. The number of carbonyl (C=O) groups is 1. The predicted octanol–water partition coefficient (Wildman–Crippen LogP) is 4.12. The van der Waals surface area contributed by atoms with Crippen LogP contribution in [0.25, 0.3) is 0 Å². The van der Waals surface area contributed by atoms with Crippen LogP contribution >= 0.6 is 12.4 Å². The van der Waals surface area contributed by atoms with Gasteiger partial charge in [0.15, 0.2) is 0 Å². The largest absolute Gasteiger partial charge is 0.416 e. The molecule has 1 aromatic heterocycles. The molecule has 13 heteroatoms. The van der Waals surface area contributed by atoms with Crippen molar-refractivity contribution in [2.45, 2.75) is 32.1 Å². The highest BCUT2D eigenvalue weighted by atomic mass is 35.5. The van der Waals surface area contributed by atoms with Crippen LogP contribution in [0.5, 0.6) is 0 Å². The van der Waals surface area contributed by atoms with Gasteiger partial charge in [-0.25, -0.2) is 9.37 Å². The molecular formula is C25H22ClF4N5O3. The molecule has 3 aromatic rings. The fraction of sp³-hybridized carbons (Fsp3) is 0.280. The quantitative estimate of drug-likeness (QED) is 0.479. The molecule has 1 aliphatic heterocycles. The van der Waals surface area contributed by atoms with Gasteiger partial charge in [0.1, 0.15) is 12.9 Å². The molecule has 4 rings (SSSR count). The van der Waals surface area contributed by atoms with Crippen LogP contribution < -0.4 is 15.7 Å². The van der Waals surface area contributed by atoms with Crippen molar-refractivity contribution in [1.29, 1.82) is 5.26 Å². The number of hydrogen-bond acceptors (Lipinski definition) is 6. The highest BCUT2D eigenvalue weighted by Crippen LogP contribution is 2.30. The number of aromatic nitrogens is 2. The number of anilines is 1. The third kappa shape index (κ3) is 5.57. The van der Waals surface area contributed by atoms with Crippen LogP contribution in [0.3, 0.4) is 0 Å². The van der Waals surface area contributed by atoms with Crippen LogP contribution in [-0.2, 0) is 19.1 Å². The van der Waals surface area contributed by atoms with E-state index in [0.29, 0.717) is 11.3 Å². The van der Waals surface area contributed by atoms with Crippen LogP contribution in [0.2, 0.25) is 0 Å². The molecule has 2 heterocycles. The second-order valence-corrected chi connectivity index (χ2v) is 8.41. The summed E-state index contributed by atoms with van der Waals surface area (Å²) in [5, 5.41) is 11.9. The topological polar surface area (TPSA) is 100 Å². The van der Waals surface area contributed by atoms with Crippen LogP contribution in [0.15, 0.2) is 47.3 Å². The molecule has 0 fully saturated rings. The molecule has 0 radical (unpaired) electrons. The lowest BCUT2D eigenvalue weighted by molar-refractivity contribution is -0.137. The van der Waals surface area contributed by atoms with Gasteiger partial charge in [-0.2, -0.15) is 18.4 Å². The molecule has 1 atom stereocenters. The number of rotatable bonds is 5. The molecule has 1 aliphatic rings. The molecule has 0 unspecified atom stereocenters. The molecule has 38 heavy (non-hydrogen) atoms. The highest BCUT2D eigenvalue weighted by Gasteiger charge is 2.31. The number of amides is 1. The van der Waals surface area contributed by atoms with E-state index in [2.05, 4.69) is 10.3 Å². The molecule has 0 spiro atoms. The third-order valence-corrected chi connectivity index (χ3v) is 6.07. The number of nitriles is 1. The van der Waals surface area contributed by atoms with Gasteiger partial charge in [0.05, 0.1) is 46.6 Å². The maximum absolute atomic E-state index is 14.4. The van der Waals surface area contributed by atoms with Gasteiger partial charge in [-0.1, -0.05) is 12.1 Å². The molecule has 200 valence electrons. The maximum Gasteiger partial charge on any atom is 0.416 e. The minimum Gasteiger partial charge on any atom is -0.411 e. The second kappa shape index (κ2) is 11.1. The van der Waals surface area contributed by atoms with Crippen molar-refractivity contribution in [3.63, 3.8) is 0 Å². The Bertz CT molecular complexity index is 1450. The zero-order valence-corrected chi connectivity index (χ0v) is 21.0. The van der Waals surface area contributed by atoms with Crippen LogP contribution in [0.1, 0.15) is 51.3 Å². The Labute approximate surface area is 220 Å². The highest BCUT2D eigenvalue weighted by molar-refractivity contribution is 5.94. The Balaban J connectivity index is 0.00000400. The molecule has 1 amide bonds. The predicted molar refractivity (Wildman–Crippen MR) is 131 cm³/mol. The van der Waals surface area contributed by atoms with Crippen molar-refractivity contribution in [2.75, 3.05) is 19.0 Å². The minimum absolute atomic E-state index is 0.